The van der Waals surface area contributed by atoms with E-state index in [2.05, 4.69) is 71.5 Å². The highest BCUT2D eigenvalue weighted by atomic mass is 79.9. The van der Waals surface area contributed by atoms with Crippen molar-refractivity contribution in [3.63, 3.8) is 0 Å². The van der Waals surface area contributed by atoms with Crippen LogP contribution in [0.3, 0.4) is 0 Å². The average Bonchev–Trinajstić information content (AvgIpc) is 2.87. The number of rotatable bonds is 4. The molecule has 1 heterocycles. The number of thiophene rings is 1. The topological polar surface area (TPSA) is 12.0 Å². The van der Waals surface area contributed by atoms with Gasteiger partial charge in [0.05, 0.1) is 3.79 Å². The lowest BCUT2D eigenvalue weighted by molar-refractivity contribution is 0.210. The first kappa shape index (κ1) is 15.3. The van der Waals surface area contributed by atoms with Crippen LogP contribution in [-0.4, -0.2) is 6.54 Å². The van der Waals surface area contributed by atoms with Crippen LogP contribution in [0.1, 0.15) is 42.3 Å². The first-order valence-electron chi connectivity index (χ1n) is 7.62. The zero-order chi connectivity index (χ0) is 14.9. The Morgan fingerprint density at radius 2 is 2.05 bits per heavy atom. The molecule has 0 fully saturated rings. The molecule has 1 aliphatic rings. The van der Waals surface area contributed by atoms with Crippen molar-refractivity contribution in [1.82, 2.24) is 5.32 Å². The lowest BCUT2D eigenvalue weighted by Crippen LogP contribution is -2.38. The third-order valence-electron chi connectivity index (χ3n) is 4.53. The van der Waals surface area contributed by atoms with Crippen molar-refractivity contribution in [3.8, 4) is 0 Å². The fourth-order valence-corrected chi connectivity index (χ4v) is 4.76. The lowest BCUT2D eigenvalue weighted by atomic mass is 9.70. The van der Waals surface area contributed by atoms with Gasteiger partial charge >= 0.3 is 0 Å². The Balaban J connectivity index is 1.70. The summed E-state index contributed by atoms with van der Waals surface area (Å²) in [7, 11) is 0. The van der Waals surface area contributed by atoms with Crippen LogP contribution in [-0.2, 0) is 12.8 Å². The van der Waals surface area contributed by atoms with Gasteiger partial charge in [0, 0.05) is 17.5 Å². The van der Waals surface area contributed by atoms with Crippen LogP contribution in [0, 0.1) is 5.41 Å². The Morgan fingerprint density at radius 3 is 2.81 bits per heavy atom. The van der Waals surface area contributed by atoms with Gasteiger partial charge in [-0.05, 0) is 63.9 Å². The Kier molecular flexibility index (Phi) is 4.53. The Morgan fingerprint density at radius 1 is 1.24 bits per heavy atom. The fourth-order valence-electron chi connectivity index (χ4n) is 3.28. The van der Waals surface area contributed by atoms with Gasteiger partial charge in [0.1, 0.15) is 0 Å². The van der Waals surface area contributed by atoms with Crippen molar-refractivity contribution in [2.24, 2.45) is 5.41 Å². The van der Waals surface area contributed by atoms with E-state index in [1.54, 1.807) is 0 Å². The summed E-state index contributed by atoms with van der Waals surface area (Å²) < 4.78 is 1.22. The number of aryl methyl sites for hydroxylation is 1. The largest absolute Gasteiger partial charge is 0.309 e. The summed E-state index contributed by atoms with van der Waals surface area (Å²) >= 11 is 5.37. The van der Waals surface area contributed by atoms with Crippen LogP contribution < -0.4 is 5.32 Å². The molecule has 2 aromatic rings. The maximum absolute atomic E-state index is 3.82. The quantitative estimate of drug-likeness (QED) is 0.771. The van der Waals surface area contributed by atoms with E-state index in [9.17, 15) is 0 Å². The molecule has 1 unspecified atom stereocenters. The van der Waals surface area contributed by atoms with E-state index in [4.69, 9.17) is 0 Å². The summed E-state index contributed by atoms with van der Waals surface area (Å²) in [4.78, 5) is 1.44. The van der Waals surface area contributed by atoms with Gasteiger partial charge in [-0.2, -0.15) is 0 Å². The predicted molar refractivity (Wildman–Crippen MR) is 95.0 cm³/mol. The van der Waals surface area contributed by atoms with Crippen LogP contribution in [0.2, 0.25) is 0 Å². The van der Waals surface area contributed by atoms with Crippen LogP contribution in [0.4, 0.5) is 0 Å². The molecule has 0 bridgehead atoms. The number of fused-ring (bicyclic) bond motifs is 1. The molecule has 0 radical (unpaired) electrons. The molecule has 0 amide bonds. The van der Waals surface area contributed by atoms with Gasteiger partial charge in [-0.1, -0.05) is 38.1 Å². The van der Waals surface area contributed by atoms with Gasteiger partial charge < -0.3 is 5.32 Å². The summed E-state index contributed by atoms with van der Waals surface area (Å²) in [5.74, 6) is 0. The van der Waals surface area contributed by atoms with Crippen molar-refractivity contribution in [2.75, 3.05) is 6.54 Å². The van der Waals surface area contributed by atoms with Gasteiger partial charge in [-0.15, -0.1) is 11.3 Å². The fraction of sp³-hybridized carbons (Fsp3) is 0.444. The molecule has 0 spiro atoms. The van der Waals surface area contributed by atoms with E-state index in [0.29, 0.717) is 11.5 Å². The van der Waals surface area contributed by atoms with Crippen LogP contribution in [0.15, 0.2) is 40.2 Å². The highest BCUT2D eigenvalue weighted by Crippen LogP contribution is 2.43. The molecule has 1 atom stereocenters. The number of nitrogens with one attached hydrogen (secondary N) is 1. The van der Waals surface area contributed by atoms with Gasteiger partial charge in [0.2, 0.25) is 0 Å². The Labute approximate surface area is 139 Å². The minimum absolute atomic E-state index is 0.324. The second kappa shape index (κ2) is 6.23. The van der Waals surface area contributed by atoms with Crippen molar-refractivity contribution < 1.29 is 0 Å². The van der Waals surface area contributed by atoms with Crippen molar-refractivity contribution >= 4 is 27.3 Å². The summed E-state index contributed by atoms with van der Waals surface area (Å²) in [6, 6.07) is 13.7. The highest BCUT2D eigenvalue weighted by molar-refractivity contribution is 9.11. The van der Waals surface area contributed by atoms with E-state index in [-0.39, 0.29) is 0 Å². The molecule has 1 N–H and O–H groups in total. The molecule has 0 saturated carbocycles. The third kappa shape index (κ3) is 3.41. The van der Waals surface area contributed by atoms with E-state index in [1.807, 2.05) is 11.3 Å². The number of benzene rings is 1. The lowest BCUT2D eigenvalue weighted by Gasteiger charge is -2.40. The second-order valence-corrected chi connectivity index (χ2v) is 9.08. The van der Waals surface area contributed by atoms with E-state index < -0.39 is 0 Å². The predicted octanol–water partition coefficient (Wildman–Crippen LogP) is 5.36. The van der Waals surface area contributed by atoms with Crippen molar-refractivity contribution in [1.29, 1.82) is 0 Å². The molecule has 1 aromatic heterocycles. The molecule has 0 aliphatic heterocycles. The van der Waals surface area contributed by atoms with Gasteiger partial charge in [-0.25, -0.2) is 0 Å². The van der Waals surface area contributed by atoms with E-state index in [0.717, 1.165) is 13.0 Å². The molecular weight excluding hydrogens is 342 g/mol. The normalized spacial score (nSPS) is 20.2. The highest BCUT2D eigenvalue weighted by Gasteiger charge is 2.35. The van der Waals surface area contributed by atoms with Crippen LogP contribution in [0.5, 0.6) is 0 Å². The molecule has 1 aromatic carbocycles. The maximum Gasteiger partial charge on any atom is 0.0701 e. The van der Waals surface area contributed by atoms with Crippen molar-refractivity contribution in [2.45, 2.75) is 39.2 Å². The molecule has 21 heavy (non-hydrogen) atoms. The SMILES string of the molecule is CC1(C)CCc2ccccc2C1NCCc1ccc(Br)s1. The maximum atomic E-state index is 3.82. The summed E-state index contributed by atoms with van der Waals surface area (Å²) in [6.07, 6.45) is 3.57. The van der Waals surface area contributed by atoms with Crippen molar-refractivity contribution in [3.05, 3.63) is 56.2 Å². The minimum Gasteiger partial charge on any atom is -0.309 e. The molecule has 3 rings (SSSR count). The Bertz CT molecular complexity index is 617. The Hall–Kier alpha value is -0.640. The summed E-state index contributed by atoms with van der Waals surface area (Å²) in [5, 5.41) is 3.82. The smallest absolute Gasteiger partial charge is 0.0701 e. The van der Waals surface area contributed by atoms with Crippen LogP contribution in [0.25, 0.3) is 0 Å². The second-order valence-electron chi connectivity index (χ2n) is 6.53. The summed E-state index contributed by atoms with van der Waals surface area (Å²) in [6.45, 7) is 5.82. The van der Waals surface area contributed by atoms with E-state index in [1.165, 1.54) is 32.6 Å². The van der Waals surface area contributed by atoms with Gasteiger partial charge in [0.15, 0.2) is 0 Å². The molecule has 3 heteroatoms. The molecule has 1 aliphatic carbocycles. The number of hydrogen-bond acceptors (Lipinski definition) is 2. The molecular formula is C18H22BrNS. The van der Waals surface area contributed by atoms with Crippen LogP contribution >= 0.6 is 27.3 Å². The molecule has 1 nitrogen and oxygen atoms in total. The monoisotopic (exact) mass is 363 g/mol. The zero-order valence-electron chi connectivity index (χ0n) is 12.7. The minimum atomic E-state index is 0.324. The molecule has 0 saturated heterocycles. The van der Waals surface area contributed by atoms with Gasteiger partial charge in [-0.3, -0.25) is 0 Å². The first-order valence-corrected chi connectivity index (χ1v) is 9.22. The number of hydrogen-bond donors (Lipinski definition) is 1. The summed E-state index contributed by atoms with van der Waals surface area (Å²) in [5.41, 5.74) is 3.35. The first-order chi connectivity index (χ1) is 10.1. The van der Waals surface area contributed by atoms with Gasteiger partial charge in [0.25, 0.3) is 0 Å². The zero-order valence-corrected chi connectivity index (χ0v) is 15.1. The average molecular weight is 364 g/mol. The molecule has 112 valence electrons. The standard InChI is InChI=1S/C18H22BrNS/c1-18(2)11-9-13-5-3-4-6-15(13)17(18)20-12-10-14-7-8-16(19)21-14/h3-8,17,20H,9-12H2,1-2H3. The van der Waals surface area contributed by atoms with E-state index >= 15 is 0 Å². The number of halogens is 1. The third-order valence-corrected chi connectivity index (χ3v) is 6.22.